The summed E-state index contributed by atoms with van der Waals surface area (Å²) in [6.45, 7) is 4.17. The first-order valence-electron chi connectivity index (χ1n) is 9.40. The lowest BCUT2D eigenvalue weighted by atomic mass is 10.1. The Morgan fingerprint density at radius 1 is 1.23 bits per heavy atom. The summed E-state index contributed by atoms with van der Waals surface area (Å²) < 4.78 is 5.08. The second-order valence-corrected chi connectivity index (χ2v) is 9.25. The third kappa shape index (κ3) is 4.57. The summed E-state index contributed by atoms with van der Waals surface area (Å²) in [5.74, 6) is 0.679. The fourth-order valence-corrected chi connectivity index (χ4v) is 4.83. The molecule has 0 fully saturated rings. The lowest BCUT2D eigenvalue weighted by Crippen LogP contribution is -2.24. The molecule has 2 amide bonds. The summed E-state index contributed by atoms with van der Waals surface area (Å²) in [6.07, 6.45) is 1.95. The van der Waals surface area contributed by atoms with E-state index in [-0.39, 0.29) is 23.5 Å². The van der Waals surface area contributed by atoms with Crippen molar-refractivity contribution in [3.05, 3.63) is 51.7 Å². The van der Waals surface area contributed by atoms with Crippen LogP contribution in [0.25, 0.3) is 11.0 Å². The molecule has 0 radical (unpaired) electrons. The first kappa shape index (κ1) is 20.6. The molecule has 2 aliphatic heterocycles. The van der Waals surface area contributed by atoms with Gasteiger partial charge in [0.2, 0.25) is 5.91 Å². The quantitative estimate of drug-likeness (QED) is 0.686. The third-order valence-corrected chi connectivity index (χ3v) is 6.83. The zero-order valence-corrected chi connectivity index (χ0v) is 18.0. The number of thioether (sulfide) groups is 2. The number of amides is 2. The van der Waals surface area contributed by atoms with Crippen LogP contribution >= 0.6 is 23.5 Å². The van der Waals surface area contributed by atoms with E-state index in [9.17, 15) is 14.4 Å². The van der Waals surface area contributed by atoms with Gasteiger partial charge in [0.1, 0.15) is 17.3 Å². The van der Waals surface area contributed by atoms with Gasteiger partial charge in [0.15, 0.2) is 0 Å². The normalized spacial score (nSPS) is 18.2. The molecule has 1 aromatic heterocycles. The number of rotatable bonds is 6. The molecular formula is C21H19N3O4S2. The highest BCUT2D eigenvalue weighted by atomic mass is 32.2. The first-order chi connectivity index (χ1) is 14.4. The Morgan fingerprint density at radius 2 is 2.07 bits per heavy atom. The molecule has 0 saturated carbocycles. The number of anilines is 1. The van der Waals surface area contributed by atoms with Crippen molar-refractivity contribution in [2.75, 3.05) is 16.8 Å². The van der Waals surface area contributed by atoms with E-state index in [1.165, 1.54) is 17.8 Å². The minimum absolute atomic E-state index is 0.177. The molecule has 7 nitrogen and oxygen atoms in total. The molecule has 0 aliphatic carbocycles. The van der Waals surface area contributed by atoms with Crippen molar-refractivity contribution in [1.82, 2.24) is 0 Å². The maximum absolute atomic E-state index is 12.3. The van der Waals surface area contributed by atoms with Gasteiger partial charge in [0.25, 0.3) is 5.91 Å². The molecule has 9 heteroatoms. The Labute approximate surface area is 181 Å². The number of nitrogens with one attached hydrogen (secondary N) is 1. The van der Waals surface area contributed by atoms with Gasteiger partial charge in [-0.25, -0.2) is 9.79 Å². The number of allylic oxidation sites excluding steroid dienone is 1. The fraction of sp³-hybridized carbons (Fsp3) is 0.286. The number of carbonyl (C=O) groups is 2. The highest BCUT2D eigenvalue weighted by molar-refractivity contribution is 8.17. The van der Waals surface area contributed by atoms with Crippen molar-refractivity contribution < 1.29 is 14.0 Å². The lowest BCUT2D eigenvalue weighted by molar-refractivity contribution is -0.118. The molecule has 0 bridgehead atoms. The Kier molecular flexibility index (Phi) is 5.92. The van der Waals surface area contributed by atoms with E-state index < -0.39 is 5.63 Å². The number of hydrogen-bond donors (Lipinski definition) is 1. The zero-order chi connectivity index (χ0) is 21.3. The van der Waals surface area contributed by atoms with Crippen molar-refractivity contribution in [1.29, 1.82) is 0 Å². The Hall–Kier alpha value is -2.65. The third-order valence-electron chi connectivity index (χ3n) is 4.50. The number of benzene rings is 1. The maximum Gasteiger partial charge on any atom is 0.336 e. The van der Waals surface area contributed by atoms with Gasteiger partial charge in [-0.15, -0.1) is 11.8 Å². The molecule has 1 N–H and O–H groups in total. The van der Waals surface area contributed by atoms with Crippen LogP contribution in [-0.4, -0.2) is 34.2 Å². The molecule has 2 aromatic rings. The van der Waals surface area contributed by atoms with Gasteiger partial charge in [-0.1, -0.05) is 31.7 Å². The number of aliphatic imine (C=N–C) groups is 2. The Morgan fingerprint density at radius 3 is 2.87 bits per heavy atom. The SMILES string of the molecule is CC(C)C1=CC2C(=O)N=C(CSCC(=O)Nc3ccc4oc(=O)ccc4c3)N=C2S1. The summed E-state index contributed by atoms with van der Waals surface area (Å²) in [7, 11) is 0. The second kappa shape index (κ2) is 8.61. The lowest BCUT2D eigenvalue weighted by Gasteiger charge is -2.12. The van der Waals surface area contributed by atoms with Gasteiger partial charge in [-0.3, -0.25) is 9.59 Å². The van der Waals surface area contributed by atoms with E-state index in [0.29, 0.717) is 28.8 Å². The van der Waals surface area contributed by atoms with Crippen LogP contribution in [0, 0.1) is 11.8 Å². The molecule has 0 saturated heterocycles. The average molecular weight is 442 g/mol. The van der Waals surface area contributed by atoms with Crippen molar-refractivity contribution in [3.63, 3.8) is 0 Å². The number of hydrogen-bond acceptors (Lipinski definition) is 7. The summed E-state index contributed by atoms with van der Waals surface area (Å²) in [6, 6.07) is 8.06. The van der Waals surface area contributed by atoms with Crippen LogP contribution in [0.15, 0.2) is 60.5 Å². The summed E-state index contributed by atoms with van der Waals surface area (Å²) in [5.41, 5.74) is 0.666. The van der Waals surface area contributed by atoms with E-state index in [1.54, 1.807) is 36.0 Å². The monoisotopic (exact) mass is 441 g/mol. The molecule has 2 aliphatic rings. The average Bonchev–Trinajstić information content (AvgIpc) is 3.13. The molecule has 1 aromatic carbocycles. The predicted molar refractivity (Wildman–Crippen MR) is 122 cm³/mol. The van der Waals surface area contributed by atoms with Gasteiger partial charge in [-0.2, -0.15) is 4.99 Å². The smallest absolute Gasteiger partial charge is 0.336 e. The molecule has 0 spiro atoms. The Balaban J connectivity index is 1.31. The van der Waals surface area contributed by atoms with Gasteiger partial charge in [0.05, 0.1) is 16.5 Å². The summed E-state index contributed by atoms with van der Waals surface area (Å²) in [5, 5.41) is 4.32. The van der Waals surface area contributed by atoms with E-state index in [0.717, 1.165) is 15.3 Å². The zero-order valence-electron chi connectivity index (χ0n) is 16.4. The molecule has 1 unspecified atom stereocenters. The minimum atomic E-state index is -0.415. The number of fused-ring (bicyclic) bond motifs is 2. The van der Waals surface area contributed by atoms with Crippen LogP contribution in [0.4, 0.5) is 5.69 Å². The fourth-order valence-electron chi connectivity index (χ4n) is 3.03. The van der Waals surface area contributed by atoms with Crippen LogP contribution in [0.2, 0.25) is 0 Å². The van der Waals surface area contributed by atoms with E-state index in [2.05, 4.69) is 29.1 Å². The first-order valence-corrected chi connectivity index (χ1v) is 11.4. The summed E-state index contributed by atoms with van der Waals surface area (Å²) in [4.78, 5) is 45.5. The van der Waals surface area contributed by atoms with Crippen LogP contribution in [-0.2, 0) is 9.59 Å². The van der Waals surface area contributed by atoms with Crippen molar-refractivity contribution in [2.45, 2.75) is 13.8 Å². The van der Waals surface area contributed by atoms with Crippen molar-refractivity contribution in [3.8, 4) is 0 Å². The van der Waals surface area contributed by atoms with E-state index in [4.69, 9.17) is 4.42 Å². The molecule has 4 rings (SSSR count). The van der Waals surface area contributed by atoms with Gasteiger partial charge < -0.3 is 9.73 Å². The number of nitrogens with zero attached hydrogens (tertiary/aromatic N) is 2. The topological polar surface area (TPSA) is 101 Å². The van der Waals surface area contributed by atoms with Crippen LogP contribution in [0.5, 0.6) is 0 Å². The molecule has 30 heavy (non-hydrogen) atoms. The van der Waals surface area contributed by atoms with E-state index in [1.807, 2.05) is 6.08 Å². The highest BCUT2D eigenvalue weighted by Gasteiger charge is 2.34. The highest BCUT2D eigenvalue weighted by Crippen LogP contribution is 2.38. The van der Waals surface area contributed by atoms with Crippen LogP contribution < -0.4 is 10.9 Å². The van der Waals surface area contributed by atoms with Crippen molar-refractivity contribution in [2.24, 2.45) is 21.8 Å². The Bertz CT molecular complexity index is 1180. The van der Waals surface area contributed by atoms with Crippen molar-refractivity contribution >= 4 is 62.9 Å². The maximum atomic E-state index is 12.3. The van der Waals surface area contributed by atoms with Gasteiger partial charge in [-0.05, 0) is 35.1 Å². The molecule has 1 atom stereocenters. The van der Waals surface area contributed by atoms with E-state index >= 15 is 0 Å². The molecule has 154 valence electrons. The largest absolute Gasteiger partial charge is 0.423 e. The standard InChI is InChI=1S/C21H19N3O4S2/c1-11(2)16-8-14-20(27)23-17(24-21(14)30-16)9-29-10-18(25)22-13-4-5-15-12(7-13)3-6-19(26)28-15/h3-8,11,14H,9-10H2,1-2H3,(H,22,25). The molecular weight excluding hydrogens is 422 g/mol. The number of amidine groups is 1. The minimum Gasteiger partial charge on any atom is -0.423 e. The molecule has 3 heterocycles. The van der Waals surface area contributed by atoms with Gasteiger partial charge >= 0.3 is 5.63 Å². The van der Waals surface area contributed by atoms with Crippen LogP contribution in [0.1, 0.15) is 13.8 Å². The predicted octanol–water partition coefficient (Wildman–Crippen LogP) is 3.70. The second-order valence-electron chi connectivity index (χ2n) is 7.17. The van der Waals surface area contributed by atoms with Gasteiger partial charge in [0, 0.05) is 17.1 Å². The summed E-state index contributed by atoms with van der Waals surface area (Å²) >= 11 is 2.89. The number of carbonyl (C=O) groups excluding carboxylic acids is 2. The van der Waals surface area contributed by atoms with Crippen LogP contribution in [0.3, 0.4) is 0 Å².